The Morgan fingerprint density at radius 1 is 1.43 bits per heavy atom. The van der Waals surface area contributed by atoms with Crippen LogP contribution < -0.4 is 4.72 Å². The number of benzene rings is 1. The van der Waals surface area contributed by atoms with E-state index < -0.39 is 16.0 Å². The minimum Gasteiger partial charge on any atom is -0.478 e. The van der Waals surface area contributed by atoms with Gasteiger partial charge in [-0.15, -0.1) is 0 Å². The van der Waals surface area contributed by atoms with Crippen LogP contribution >= 0.6 is 0 Å². The van der Waals surface area contributed by atoms with Crippen LogP contribution in [0.25, 0.3) is 0 Å². The number of hydrogen-bond acceptors (Lipinski definition) is 4. The fraction of sp³-hybridized carbons (Fsp3) is 0.562. The van der Waals surface area contributed by atoms with Gasteiger partial charge in [-0.2, -0.15) is 0 Å². The molecule has 1 aromatic carbocycles. The number of aromatic carboxylic acids is 1. The molecular weight excluding hydrogens is 316 g/mol. The van der Waals surface area contributed by atoms with Gasteiger partial charge in [0.2, 0.25) is 10.0 Å². The molecule has 128 valence electrons. The van der Waals surface area contributed by atoms with E-state index in [9.17, 15) is 13.2 Å². The summed E-state index contributed by atoms with van der Waals surface area (Å²) in [6.07, 6.45) is 2.37. The highest BCUT2D eigenvalue weighted by molar-refractivity contribution is 7.89. The lowest BCUT2D eigenvalue weighted by atomic mass is 10.0. The summed E-state index contributed by atoms with van der Waals surface area (Å²) >= 11 is 0. The molecule has 0 aromatic heterocycles. The highest BCUT2D eigenvalue weighted by atomic mass is 32.2. The predicted molar refractivity (Wildman–Crippen MR) is 88.2 cm³/mol. The molecule has 0 unspecified atom stereocenters. The first-order valence-electron chi connectivity index (χ1n) is 7.85. The quantitative estimate of drug-likeness (QED) is 0.823. The molecule has 6 nitrogen and oxygen atoms in total. The summed E-state index contributed by atoms with van der Waals surface area (Å²) in [5.41, 5.74) is 0.552. The van der Waals surface area contributed by atoms with Gasteiger partial charge in [-0.1, -0.05) is 13.0 Å². The van der Waals surface area contributed by atoms with Crippen LogP contribution in [-0.2, 0) is 10.0 Å². The average molecular weight is 340 g/mol. The molecule has 0 aliphatic carbocycles. The molecule has 0 amide bonds. The van der Waals surface area contributed by atoms with Crippen LogP contribution in [0.2, 0.25) is 0 Å². The normalized spacial score (nSPS) is 19.7. The Bertz CT molecular complexity index is 673. The first-order chi connectivity index (χ1) is 10.8. The van der Waals surface area contributed by atoms with Gasteiger partial charge in [-0.05, 0) is 49.9 Å². The predicted octanol–water partition coefficient (Wildman–Crippen LogP) is 1.70. The van der Waals surface area contributed by atoms with Crippen LogP contribution in [0.1, 0.15) is 35.7 Å². The Kier molecular flexibility index (Phi) is 5.78. The van der Waals surface area contributed by atoms with Crippen molar-refractivity contribution in [3.8, 4) is 0 Å². The van der Waals surface area contributed by atoms with Gasteiger partial charge >= 0.3 is 5.97 Å². The summed E-state index contributed by atoms with van der Waals surface area (Å²) < 4.78 is 27.2. The molecule has 7 heteroatoms. The third-order valence-electron chi connectivity index (χ3n) is 4.21. The van der Waals surface area contributed by atoms with E-state index in [0.717, 1.165) is 19.5 Å². The third-order valence-corrected chi connectivity index (χ3v) is 5.67. The maximum Gasteiger partial charge on any atom is 0.335 e. The van der Waals surface area contributed by atoms with Crippen molar-refractivity contribution < 1.29 is 18.3 Å². The molecule has 0 spiro atoms. The van der Waals surface area contributed by atoms with E-state index in [1.165, 1.54) is 24.6 Å². The Labute approximate surface area is 137 Å². The second-order valence-corrected chi connectivity index (χ2v) is 7.99. The van der Waals surface area contributed by atoms with Crippen molar-refractivity contribution in [2.45, 2.75) is 31.6 Å². The topological polar surface area (TPSA) is 86.7 Å². The Morgan fingerprint density at radius 3 is 2.83 bits per heavy atom. The second-order valence-electron chi connectivity index (χ2n) is 6.23. The van der Waals surface area contributed by atoms with Crippen molar-refractivity contribution in [2.75, 3.05) is 26.2 Å². The smallest absolute Gasteiger partial charge is 0.335 e. The van der Waals surface area contributed by atoms with Crippen molar-refractivity contribution in [3.05, 3.63) is 29.3 Å². The number of nitrogens with zero attached hydrogens (tertiary/aromatic N) is 1. The average Bonchev–Trinajstić information content (AvgIpc) is 2.47. The molecule has 0 bridgehead atoms. The van der Waals surface area contributed by atoms with E-state index in [1.54, 1.807) is 6.92 Å². The molecule has 1 heterocycles. The van der Waals surface area contributed by atoms with Gasteiger partial charge in [0.15, 0.2) is 0 Å². The molecule has 1 fully saturated rings. The number of hydrogen-bond donors (Lipinski definition) is 2. The molecule has 0 saturated carbocycles. The molecule has 1 saturated heterocycles. The molecule has 1 aliphatic heterocycles. The van der Waals surface area contributed by atoms with Crippen molar-refractivity contribution >= 4 is 16.0 Å². The number of piperidine rings is 1. The molecule has 2 N–H and O–H groups in total. The molecule has 1 atom stereocenters. The monoisotopic (exact) mass is 340 g/mol. The molecule has 2 rings (SSSR count). The molecule has 0 radical (unpaired) electrons. The number of likely N-dealkylation sites (tertiary alicyclic amines) is 1. The highest BCUT2D eigenvalue weighted by Gasteiger charge is 2.19. The Morgan fingerprint density at radius 2 is 2.17 bits per heavy atom. The van der Waals surface area contributed by atoms with Gasteiger partial charge in [-0.25, -0.2) is 17.9 Å². The summed E-state index contributed by atoms with van der Waals surface area (Å²) in [5, 5.41) is 9.10. The Hall–Kier alpha value is -1.44. The zero-order valence-electron chi connectivity index (χ0n) is 13.6. The first-order valence-corrected chi connectivity index (χ1v) is 9.34. The van der Waals surface area contributed by atoms with Gasteiger partial charge in [0, 0.05) is 19.6 Å². The third kappa shape index (κ3) is 4.76. The summed E-state index contributed by atoms with van der Waals surface area (Å²) in [6.45, 7) is 6.84. The van der Waals surface area contributed by atoms with Crippen LogP contribution in [0.15, 0.2) is 23.1 Å². The van der Waals surface area contributed by atoms with Crippen molar-refractivity contribution in [1.29, 1.82) is 0 Å². The van der Waals surface area contributed by atoms with E-state index >= 15 is 0 Å². The lowest BCUT2D eigenvalue weighted by Crippen LogP contribution is -2.40. The standard InChI is InChI=1S/C16H24N2O4S/c1-12-4-3-8-18(11-12)9-7-17-23(21,22)14-6-5-13(2)15(10-14)16(19)20/h5-6,10,12,17H,3-4,7-9,11H2,1-2H3,(H,19,20)/t12-/m1/s1. The fourth-order valence-corrected chi connectivity index (χ4v) is 3.96. The van der Waals surface area contributed by atoms with Crippen molar-refractivity contribution in [3.63, 3.8) is 0 Å². The number of aryl methyl sites for hydroxylation is 1. The molecular formula is C16H24N2O4S. The van der Waals surface area contributed by atoms with Gasteiger partial charge in [0.05, 0.1) is 10.5 Å². The summed E-state index contributed by atoms with van der Waals surface area (Å²) in [6, 6.07) is 4.17. The zero-order chi connectivity index (χ0) is 17.0. The van der Waals surface area contributed by atoms with E-state index in [4.69, 9.17) is 5.11 Å². The van der Waals surface area contributed by atoms with Crippen LogP contribution in [0.3, 0.4) is 0 Å². The lowest BCUT2D eigenvalue weighted by Gasteiger charge is -2.30. The number of carboxylic acids is 1. The lowest BCUT2D eigenvalue weighted by molar-refractivity contribution is 0.0696. The maximum atomic E-state index is 12.3. The molecule has 1 aromatic rings. The van der Waals surface area contributed by atoms with Gasteiger partial charge in [0.1, 0.15) is 0 Å². The van der Waals surface area contributed by atoms with Gasteiger partial charge < -0.3 is 10.0 Å². The molecule has 23 heavy (non-hydrogen) atoms. The maximum absolute atomic E-state index is 12.3. The number of nitrogens with one attached hydrogen (secondary N) is 1. The summed E-state index contributed by atoms with van der Waals surface area (Å²) in [7, 11) is -3.69. The van der Waals surface area contributed by atoms with Gasteiger partial charge in [0.25, 0.3) is 0 Å². The minimum atomic E-state index is -3.69. The zero-order valence-corrected chi connectivity index (χ0v) is 14.4. The summed E-state index contributed by atoms with van der Waals surface area (Å²) in [4.78, 5) is 13.4. The van der Waals surface area contributed by atoms with Crippen LogP contribution in [-0.4, -0.2) is 50.6 Å². The van der Waals surface area contributed by atoms with E-state index in [0.29, 0.717) is 24.6 Å². The van der Waals surface area contributed by atoms with Gasteiger partial charge in [-0.3, -0.25) is 0 Å². The van der Waals surface area contributed by atoms with Crippen molar-refractivity contribution in [1.82, 2.24) is 9.62 Å². The van der Waals surface area contributed by atoms with Crippen molar-refractivity contribution in [2.24, 2.45) is 5.92 Å². The van der Waals surface area contributed by atoms with Crippen LogP contribution in [0, 0.1) is 12.8 Å². The number of sulfonamides is 1. The minimum absolute atomic E-state index is 0.00693. The number of rotatable bonds is 6. The largest absolute Gasteiger partial charge is 0.478 e. The van der Waals surface area contributed by atoms with E-state index in [2.05, 4.69) is 16.5 Å². The van der Waals surface area contributed by atoms with Crippen LogP contribution in [0.5, 0.6) is 0 Å². The highest BCUT2D eigenvalue weighted by Crippen LogP contribution is 2.16. The van der Waals surface area contributed by atoms with E-state index in [1.807, 2.05) is 0 Å². The van der Waals surface area contributed by atoms with E-state index in [-0.39, 0.29) is 10.5 Å². The fourth-order valence-electron chi connectivity index (χ4n) is 2.91. The molecule has 1 aliphatic rings. The SMILES string of the molecule is Cc1ccc(S(=O)(=O)NCCN2CCC[C@@H](C)C2)cc1C(=O)O. The number of carboxylic acid groups (broad SMARTS) is 1. The number of carbonyl (C=O) groups is 1. The second kappa shape index (κ2) is 7.42. The first kappa shape index (κ1) is 17.9. The van der Waals surface area contributed by atoms with Crippen LogP contribution in [0.4, 0.5) is 0 Å². The summed E-state index contributed by atoms with van der Waals surface area (Å²) in [5.74, 6) is -0.475. The Balaban J connectivity index is 1.99.